The highest BCUT2D eigenvalue weighted by Crippen LogP contribution is 2.18. The fraction of sp³-hybridized carbons (Fsp3) is 0.900. The van der Waals surface area contributed by atoms with Crippen molar-refractivity contribution in [3.63, 3.8) is 0 Å². The summed E-state index contributed by atoms with van der Waals surface area (Å²) in [6.07, 6.45) is 6.70. The fourth-order valence-corrected chi connectivity index (χ4v) is 1.55. The van der Waals surface area contributed by atoms with Crippen LogP contribution >= 0.6 is 12.6 Å². The van der Waals surface area contributed by atoms with Crippen LogP contribution in [0.3, 0.4) is 0 Å². The predicted octanol–water partition coefficient (Wildman–Crippen LogP) is 3.44. The summed E-state index contributed by atoms with van der Waals surface area (Å²) in [5, 5.41) is 0.0805. The quantitative estimate of drug-likeness (QED) is 0.606. The van der Waals surface area contributed by atoms with Gasteiger partial charge in [-0.2, -0.15) is 0 Å². The Morgan fingerprint density at radius 3 is 1.83 bits per heavy atom. The average Bonchev–Trinajstić information content (AvgIpc) is 2.04. The predicted molar refractivity (Wildman–Crippen MR) is 56.5 cm³/mol. The molecule has 0 aliphatic heterocycles. The van der Waals surface area contributed by atoms with Gasteiger partial charge < -0.3 is 0 Å². The number of carbonyl (C=O) groups excluding carboxylic acids is 1. The van der Waals surface area contributed by atoms with E-state index in [1.807, 2.05) is 0 Å². The summed E-state index contributed by atoms with van der Waals surface area (Å²) in [6.45, 7) is 4.31. The Balaban J connectivity index is 3.62. The molecule has 72 valence electrons. The molecule has 0 unspecified atom stereocenters. The van der Waals surface area contributed by atoms with Gasteiger partial charge in [0.1, 0.15) is 0 Å². The molecule has 12 heavy (non-hydrogen) atoms. The molecule has 0 aliphatic carbocycles. The van der Waals surface area contributed by atoms with Gasteiger partial charge >= 0.3 is 0 Å². The molecule has 2 heteroatoms. The second-order valence-corrected chi connectivity index (χ2v) is 3.76. The largest absolute Gasteiger partial charge is 0.287 e. The molecule has 0 atom stereocenters. The molecule has 0 spiro atoms. The van der Waals surface area contributed by atoms with Gasteiger partial charge in [-0.25, -0.2) is 0 Å². The summed E-state index contributed by atoms with van der Waals surface area (Å²) < 4.78 is 0. The number of rotatable bonds is 7. The summed E-state index contributed by atoms with van der Waals surface area (Å²) in [4.78, 5) is 11.0. The molecule has 0 bridgehead atoms. The van der Waals surface area contributed by atoms with Crippen LogP contribution in [0.1, 0.15) is 52.4 Å². The third kappa shape index (κ3) is 5.64. The molecule has 0 aliphatic rings. The third-order valence-electron chi connectivity index (χ3n) is 2.16. The smallest absolute Gasteiger partial charge is 0.188 e. The summed E-state index contributed by atoms with van der Waals surface area (Å²) >= 11 is 3.90. The second-order valence-electron chi connectivity index (χ2n) is 3.32. The highest BCUT2D eigenvalue weighted by molar-refractivity contribution is 7.96. The zero-order valence-electron chi connectivity index (χ0n) is 8.18. The standard InChI is InChI=1S/C10H20OS/c1-3-5-7-9(10(11)12)8-6-4-2/h9H,3-8H2,1-2H3,(H,11,12). The highest BCUT2D eigenvalue weighted by Gasteiger charge is 2.12. The van der Waals surface area contributed by atoms with Crippen LogP contribution in [0.15, 0.2) is 0 Å². The maximum Gasteiger partial charge on any atom is 0.188 e. The van der Waals surface area contributed by atoms with Gasteiger partial charge in [0.15, 0.2) is 5.12 Å². The molecule has 0 aromatic carbocycles. The zero-order chi connectivity index (χ0) is 9.40. The van der Waals surface area contributed by atoms with E-state index < -0.39 is 0 Å². The first-order valence-electron chi connectivity index (χ1n) is 4.95. The first kappa shape index (κ1) is 12.0. The summed E-state index contributed by atoms with van der Waals surface area (Å²) in [5.74, 6) is 0.216. The second kappa shape index (κ2) is 7.66. The van der Waals surface area contributed by atoms with Crippen LogP contribution in [0.2, 0.25) is 0 Å². The minimum Gasteiger partial charge on any atom is -0.287 e. The summed E-state index contributed by atoms with van der Waals surface area (Å²) in [7, 11) is 0. The molecular weight excluding hydrogens is 168 g/mol. The number of unbranched alkanes of at least 4 members (excludes halogenated alkanes) is 2. The Kier molecular flexibility index (Phi) is 7.67. The normalized spacial score (nSPS) is 10.7. The lowest BCUT2D eigenvalue weighted by atomic mass is 9.97. The van der Waals surface area contributed by atoms with E-state index in [9.17, 15) is 4.79 Å². The lowest BCUT2D eigenvalue weighted by Crippen LogP contribution is -2.08. The molecular formula is C10H20OS. The van der Waals surface area contributed by atoms with Gasteiger partial charge in [-0.3, -0.25) is 4.79 Å². The first-order chi connectivity index (χ1) is 5.72. The van der Waals surface area contributed by atoms with E-state index in [4.69, 9.17) is 0 Å². The third-order valence-corrected chi connectivity index (χ3v) is 2.53. The lowest BCUT2D eigenvalue weighted by molar-refractivity contribution is -0.114. The average molecular weight is 188 g/mol. The molecule has 0 saturated heterocycles. The Morgan fingerprint density at radius 1 is 1.17 bits per heavy atom. The van der Waals surface area contributed by atoms with Crippen LogP contribution in [0.4, 0.5) is 0 Å². The maximum absolute atomic E-state index is 11.0. The molecule has 0 N–H and O–H groups in total. The summed E-state index contributed by atoms with van der Waals surface area (Å²) in [5.41, 5.74) is 0. The maximum atomic E-state index is 11.0. The summed E-state index contributed by atoms with van der Waals surface area (Å²) in [6, 6.07) is 0. The van der Waals surface area contributed by atoms with Gasteiger partial charge in [-0.05, 0) is 12.8 Å². The highest BCUT2D eigenvalue weighted by atomic mass is 32.1. The topological polar surface area (TPSA) is 17.1 Å². The molecule has 0 aromatic heterocycles. The van der Waals surface area contributed by atoms with Crippen LogP contribution in [-0.4, -0.2) is 5.12 Å². The fourth-order valence-electron chi connectivity index (χ4n) is 1.29. The Morgan fingerprint density at radius 2 is 1.58 bits per heavy atom. The van der Waals surface area contributed by atoms with Crippen molar-refractivity contribution in [2.75, 3.05) is 0 Å². The van der Waals surface area contributed by atoms with Crippen molar-refractivity contribution in [1.82, 2.24) is 0 Å². The van der Waals surface area contributed by atoms with E-state index in [0.717, 1.165) is 25.7 Å². The SMILES string of the molecule is CCCCC(CCCC)C(=O)S. The zero-order valence-corrected chi connectivity index (χ0v) is 9.07. The van der Waals surface area contributed by atoms with Crippen molar-refractivity contribution < 1.29 is 4.79 Å². The van der Waals surface area contributed by atoms with E-state index in [1.165, 1.54) is 12.8 Å². The van der Waals surface area contributed by atoms with E-state index in [1.54, 1.807) is 0 Å². The van der Waals surface area contributed by atoms with Crippen LogP contribution in [0.25, 0.3) is 0 Å². The van der Waals surface area contributed by atoms with Crippen LogP contribution in [-0.2, 0) is 4.79 Å². The Labute approximate surface area is 81.3 Å². The molecule has 1 nitrogen and oxygen atoms in total. The number of hydrogen-bond acceptors (Lipinski definition) is 1. The van der Waals surface area contributed by atoms with Crippen LogP contribution < -0.4 is 0 Å². The number of thiol groups is 1. The van der Waals surface area contributed by atoms with E-state index in [0.29, 0.717) is 0 Å². The van der Waals surface area contributed by atoms with Crippen molar-refractivity contribution >= 4 is 17.7 Å². The van der Waals surface area contributed by atoms with Gasteiger partial charge in [-0.15, -0.1) is 12.6 Å². The molecule has 0 rings (SSSR count). The first-order valence-corrected chi connectivity index (χ1v) is 5.39. The molecule has 0 heterocycles. The van der Waals surface area contributed by atoms with Crippen molar-refractivity contribution in [3.8, 4) is 0 Å². The van der Waals surface area contributed by atoms with Gasteiger partial charge in [0, 0.05) is 5.92 Å². The Bertz CT molecular complexity index is 115. The van der Waals surface area contributed by atoms with Crippen molar-refractivity contribution in [3.05, 3.63) is 0 Å². The minimum atomic E-state index is 0.0805. The molecule has 0 amide bonds. The number of carbonyl (C=O) groups is 1. The minimum absolute atomic E-state index is 0.0805. The van der Waals surface area contributed by atoms with Crippen molar-refractivity contribution in [1.29, 1.82) is 0 Å². The molecule has 0 aromatic rings. The van der Waals surface area contributed by atoms with E-state index in [-0.39, 0.29) is 11.0 Å². The Hall–Kier alpha value is 0.0200. The molecule has 0 fully saturated rings. The van der Waals surface area contributed by atoms with Crippen LogP contribution in [0.5, 0.6) is 0 Å². The van der Waals surface area contributed by atoms with E-state index >= 15 is 0 Å². The van der Waals surface area contributed by atoms with Crippen molar-refractivity contribution in [2.45, 2.75) is 52.4 Å². The molecule has 0 radical (unpaired) electrons. The van der Waals surface area contributed by atoms with Crippen LogP contribution in [0, 0.1) is 5.92 Å². The van der Waals surface area contributed by atoms with Gasteiger partial charge in [0.2, 0.25) is 0 Å². The van der Waals surface area contributed by atoms with E-state index in [2.05, 4.69) is 26.5 Å². The monoisotopic (exact) mass is 188 g/mol. The van der Waals surface area contributed by atoms with Gasteiger partial charge in [0.05, 0.1) is 0 Å². The van der Waals surface area contributed by atoms with Gasteiger partial charge in [0.25, 0.3) is 0 Å². The number of hydrogen-bond donors (Lipinski definition) is 1. The van der Waals surface area contributed by atoms with Crippen molar-refractivity contribution in [2.24, 2.45) is 5.92 Å². The lowest BCUT2D eigenvalue weighted by Gasteiger charge is -2.10. The molecule has 0 saturated carbocycles. The van der Waals surface area contributed by atoms with Gasteiger partial charge in [-0.1, -0.05) is 39.5 Å².